The number of amides is 1. The van der Waals surface area contributed by atoms with Crippen LogP contribution in [0.4, 0.5) is 0 Å². The molecule has 1 aromatic heterocycles. The fourth-order valence-electron chi connectivity index (χ4n) is 4.16. The van der Waals surface area contributed by atoms with Crippen LogP contribution in [0.5, 0.6) is 0 Å². The first kappa shape index (κ1) is 21.1. The molecule has 31 heavy (non-hydrogen) atoms. The molecule has 1 saturated heterocycles. The normalized spacial score (nSPS) is 15.3. The smallest absolute Gasteiger partial charge is 0.339 e. The highest BCUT2D eigenvalue weighted by molar-refractivity contribution is 5.94. The molecule has 1 aliphatic heterocycles. The first-order valence-electron chi connectivity index (χ1n) is 10.9. The van der Waals surface area contributed by atoms with Crippen molar-refractivity contribution in [2.45, 2.75) is 51.9 Å². The predicted molar refractivity (Wildman–Crippen MR) is 122 cm³/mol. The summed E-state index contributed by atoms with van der Waals surface area (Å²) in [5.74, 6) is 0.944. The molecule has 0 saturated carbocycles. The highest BCUT2D eigenvalue weighted by Gasteiger charge is 2.28. The molecule has 1 amide bonds. The van der Waals surface area contributed by atoms with E-state index in [2.05, 4.69) is 31.0 Å². The average Bonchev–Trinajstić information content (AvgIpc) is 3.15. The third-order valence-corrected chi connectivity index (χ3v) is 6.14. The molecule has 162 valence electrons. The van der Waals surface area contributed by atoms with Gasteiger partial charge in [0.1, 0.15) is 5.82 Å². The Labute approximate surface area is 182 Å². The molecule has 0 atom stereocenters. The lowest BCUT2D eigenvalue weighted by molar-refractivity contribution is 0.0710. The molecule has 0 radical (unpaired) electrons. The molecule has 0 spiro atoms. The Hall–Kier alpha value is -3.15. The van der Waals surface area contributed by atoms with E-state index in [1.54, 1.807) is 4.57 Å². The van der Waals surface area contributed by atoms with Gasteiger partial charge < -0.3 is 4.90 Å². The van der Waals surface area contributed by atoms with Crippen molar-refractivity contribution in [3.05, 3.63) is 81.5 Å². The maximum Gasteiger partial charge on any atom is 0.347 e. The van der Waals surface area contributed by atoms with Gasteiger partial charge in [-0.25, -0.2) is 14.5 Å². The van der Waals surface area contributed by atoms with Crippen molar-refractivity contribution in [1.82, 2.24) is 19.7 Å². The quantitative estimate of drug-likeness (QED) is 0.693. The van der Waals surface area contributed by atoms with Gasteiger partial charge in [0.05, 0.1) is 5.69 Å². The number of hydrogen-bond acceptors (Lipinski definition) is 3. The van der Waals surface area contributed by atoms with Crippen LogP contribution in [0, 0.1) is 6.92 Å². The minimum atomic E-state index is -0.226. The van der Waals surface area contributed by atoms with E-state index in [-0.39, 0.29) is 22.9 Å². The maximum absolute atomic E-state index is 13.0. The lowest BCUT2D eigenvalue weighted by atomic mass is 9.86. The zero-order chi connectivity index (χ0) is 22.2. The van der Waals surface area contributed by atoms with Crippen molar-refractivity contribution < 1.29 is 4.79 Å². The summed E-state index contributed by atoms with van der Waals surface area (Å²) in [6.45, 7) is 9.82. The van der Waals surface area contributed by atoms with E-state index in [9.17, 15) is 9.59 Å². The molecule has 2 aromatic carbocycles. The number of aromatic amines is 1. The SMILES string of the molecule is Cc1ccc(-n2c(C3CCN(C(=O)c4ccc(C(C)(C)C)cc4)CC3)n[nH]c2=O)cc1. The predicted octanol–water partition coefficient (Wildman–Crippen LogP) is 4.19. The maximum atomic E-state index is 13.0. The third kappa shape index (κ3) is 4.33. The van der Waals surface area contributed by atoms with Gasteiger partial charge in [0.25, 0.3) is 5.91 Å². The molecule has 0 aliphatic carbocycles. The van der Waals surface area contributed by atoms with Crippen molar-refractivity contribution in [2.75, 3.05) is 13.1 Å². The number of hydrogen-bond donors (Lipinski definition) is 1. The first-order valence-corrected chi connectivity index (χ1v) is 10.9. The second-order valence-corrected chi connectivity index (χ2v) is 9.45. The number of carbonyl (C=O) groups is 1. The molecular formula is C25H30N4O2. The number of H-pyrrole nitrogens is 1. The summed E-state index contributed by atoms with van der Waals surface area (Å²) in [4.78, 5) is 27.3. The first-order chi connectivity index (χ1) is 14.7. The van der Waals surface area contributed by atoms with Crippen LogP contribution in [0.2, 0.25) is 0 Å². The van der Waals surface area contributed by atoms with Crippen molar-refractivity contribution in [3.63, 3.8) is 0 Å². The summed E-state index contributed by atoms with van der Waals surface area (Å²) in [5, 5.41) is 6.92. The van der Waals surface area contributed by atoms with E-state index < -0.39 is 0 Å². The number of nitrogens with one attached hydrogen (secondary N) is 1. The zero-order valence-corrected chi connectivity index (χ0v) is 18.7. The second kappa shape index (κ2) is 8.17. The van der Waals surface area contributed by atoms with Gasteiger partial charge in [0, 0.05) is 24.6 Å². The van der Waals surface area contributed by atoms with E-state index in [4.69, 9.17) is 0 Å². The van der Waals surface area contributed by atoms with Crippen LogP contribution in [0.15, 0.2) is 53.3 Å². The van der Waals surface area contributed by atoms with E-state index in [1.165, 1.54) is 5.56 Å². The van der Waals surface area contributed by atoms with Crippen LogP contribution in [0.1, 0.15) is 66.8 Å². The largest absolute Gasteiger partial charge is 0.347 e. The van der Waals surface area contributed by atoms with Gasteiger partial charge >= 0.3 is 5.69 Å². The number of carbonyl (C=O) groups excluding carboxylic acids is 1. The van der Waals surface area contributed by atoms with Crippen LogP contribution in [-0.4, -0.2) is 38.7 Å². The van der Waals surface area contributed by atoms with Crippen LogP contribution in [-0.2, 0) is 5.41 Å². The van der Waals surface area contributed by atoms with Crippen molar-refractivity contribution in [1.29, 1.82) is 0 Å². The molecule has 6 nitrogen and oxygen atoms in total. The van der Waals surface area contributed by atoms with E-state index in [1.807, 2.05) is 60.4 Å². The number of nitrogens with zero attached hydrogens (tertiary/aromatic N) is 3. The topological polar surface area (TPSA) is 71.0 Å². The molecule has 1 aliphatic rings. The molecule has 3 aromatic rings. The molecule has 2 heterocycles. The minimum Gasteiger partial charge on any atom is -0.339 e. The molecule has 0 unspecified atom stereocenters. The van der Waals surface area contributed by atoms with Gasteiger partial charge in [-0.05, 0) is 55.0 Å². The molecule has 0 bridgehead atoms. The van der Waals surface area contributed by atoms with Crippen LogP contribution in [0.3, 0.4) is 0 Å². The molecule has 1 N–H and O–H groups in total. The summed E-state index contributed by atoms with van der Waals surface area (Å²) >= 11 is 0. The Morgan fingerprint density at radius 3 is 2.19 bits per heavy atom. The number of likely N-dealkylation sites (tertiary alicyclic amines) is 1. The second-order valence-electron chi connectivity index (χ2n) is 9.45. The van der Waals surface area contributed by atoms with Crippen molar-refractivity contribution in [2.24, 2.45) is 0 Å². The van der Waals surface area contributed by atoms with E-state index in [0.29, 0.717) is 13.1 Å². The Kier molecular flexibility index (Phi) is 5.56. The Morgan fingerprint density at radius 1 is 1.00 bits per heavy atom. The summed E-state index contributed by atoms with van der Waals surface area (Å²) in [6, 6.07) is 15.8. The highest BCUT2D eigenvalue weighted by atomic mass is 16.2. The van der Waals surface area contributed by atoms with Crippen LogP contribution < -0.4 is 5.69 Å². The lowest BCUT2D eigenvalue weighted by Gasteiger charge is -2.31. The zero-order valence-electron chi connectivity index (χ0n) is 18.7. The van der Waals surface area contributed by atoms with Crippen LogP contribution >= 0.6 is 0 Å². The molecule has 1 fully saturated rings. The molecule has 6 heteroatoms. The van der Waals surface area contributed by atoms with Gasteiger partial charge in [-0.1, -0.05) is 50.6 Å². The minimum absolute atomic E-state index is 0.0662. The van der Waals surface area contributed by atoms with Crippen molar-refractivity contribution in [3.8, 4) is 5.69 Å². The average molecular weight is 419 g/mol. The number of benzene rings is 2. The number of aryl methyl sites for hydroxylation is 1. The lowest BCUT2D eigenvalue weighted by Crippen LogP contribution is -2.38. The Morgan fingerprint density at radius 2 is 1.61 bits per heavy atom. The van der Waals surface area contributed by atoms with Gasteiger partial charge in [-0.15, -0.1) is 0 Å². The fourth-order valence-corrected chi connectivity index (χ4v) is 4.16. The Bertz CT molecular complexity index is 1110. The van der Waals surface area contributed by atoms with E-state index in [0.717, 1.165) is 35.5 Å². The van der Waals surface area contributed by atoms with Crippen molar-refractivity contribution >= 4 is 5.91 Å². The van der Waals surface area contributed by atoms with Gasteiger partial charge in [0.15, 0.2) is 0 Å². The molecule has 4 rings (SSSR count). The summed E-state index contributed by atoms with van der Waals surface area (Å²) in [5.41, 5.74) is 3.74. The number of aromatic nitrogens is 3. The Balaban J connectivity index is 1.47. The van der Waals surface area contributed by atoms with Gasteiger partial charge in [-0.3, -0.25) is 4.79 Å². The summed E-state index contributed by atoms with van der Waals surface area (Å²) < 4.78 is 1.66. The highest BCUT2D eigenvalue weighted by Crippen LogP contribution is 2.29. The molecular weight excluding hydrogens is 388 g/mol. The summed E-state index contributed by atoms with van der Waals surface area (Å²) in [6.07, 6.45) is 1.56. The van der Waals surface area contributed by atoms with Gasteiger partial charge in [0.2, 0.25) is 0 Å². The summed E-state index contributed by atoms with van der Waals surface area (Å²) in [7, 11) is 0. The number of piperidine rings is 1. The standard InChI is InChI=1S/C25H30N4O2/c1-17-5-11-21(12-6-17)29-22(26-27-24(29)31)18-13-15-28(16-14-18)23(30)19-7-9-20(10-8-19)25(2,3)4/h5-12,18H,13-16H2,1-4H3,(H,27,31). The number of rotatable bonds is 3. The fraction of sp³-hybridized carbons (Fsp3) is 0.400. The van der Waals surface area contributed by atoms with E-state index >= 15 is 0 Å². The van der Waals surface area contributed by atoms with Crippen LogP contribution in [0.25, 0.3) is 5.69 Å². The monoisotopic (exact) mass is 418 g/mol. The van der Waals surface area contributed by atoms with Gasteiger partial charge in [-0.2, -0.15) is 5.10 Å². The third-order valence-electron chi connectivity index (χ3n) is 6.14.